The lowest BCUT2D eigenvalue weighted by molar-refractivity contribution is -0.134. The molecule has 2 saturated heterocycles. The number of unbranched alkanes of at least 4 members (excludes halogenated alkanes) is 1. The molecular weight excluding hydrogens is 420 g/mol. The van der Waals surface area contributed by atoms with Gasteiger partial charge in [-0.25, -0.2) is 4.79 Å². The van der Waals surface area contributed by atoms with E-state index in [4.69, 9.17) is 4.74 Å². The van der Waals surface area contributed by atoms with Crippen molar-refractivity contribution in [3.63, 3.8) is 0 Å². The van der Waals surface area contributed by atoms with Gasteiger partial charge in [0.2, 0.25) is 0 Å². The topological polar surface area (TPSA) is 67.4 Å². The number of carbonyl (C=O) groups excluding carboxylic acids is 2. The van der Waals surface area contributed by atoms with Gasteiger partial charge >= 0.3 is 12.0 Å². The van der Waals surface area contributed by atoms with Gasteiger partial charge in [0.1, 0.15) is 5.75 Å². The molecule has 4 atom stereocenters. The molecule has 2 N–H and O–H groups in total. The van der Waals surface area contributed by atoms with E-state index in [0.29, 0.717) is 17.4 Å². The van der Waals surface area contributed by atoms with E-state index in [2.05, 4.69) is 22.5 Å². The van der Waals surface area contributed by atoms with Crippen molar-refractivity contribution in [2.45, 2.75) is 55.9 Å². The largest absolute Gasteiger partial charge is 0.427 e. The summed E-state index contributed by atoms with van der Waals surface area (Å²) in [6.45, 7) is 2.05. The third-order valence-electron chi connectivity index (χ3n) is 5.85. The Balaban J connectivity index is 1.21. The number of hydrogen-bond donors (Lipinski definition) is 2. The van der Waals surface area contributed by atoms with Gasteiger partial charge in [-0.1, -0.05) is 48.6 Å². The molecule has 166 valence electrons. The Morgan fingerprint density at radius 3 is 2.84 bits per heavy atom. The summed E-state index contributed by atoms with van der Waals surface area (Å²) in [5.41, 5.74) is 2.01. The summed E-state index contributed by atoms with van der Waals surface area (Å²) < 4.78 is 5.56. The predicted octanol–water partition coefficient (Wildman–Crippen LogP) is 4.47. The van der Waals surface area contributed by atoms with Gasteiger partial charge in [-0.15, -0.1) is 0 Å². The molecule has 2 aromatic rings. The van der Waals surface area contributed by atoms with Crippen molar-refractivity contribution in [2.75, 3.05) is 5.75 Å². The average Bonchev–Trinajstić information content (AvgIpc) is 3.35. The Kier molecular flexibility index (Phi) is 7.39. The highest BCUT2D eigenvalue weighted by atomic mass is 32.2. The minimum absolute atomic E-state index is 0.0344. The van der Waals surface area contributed by atoms with Gasteiger partial charge in [0, 0.05) is 28.9 Å². The Morgan fingerprint density at radius 2 is 2.00 bits per heavy atom. The average molecular weight is 449 g/mol. The summed E-state index contributed by atoms with van der Waals surface area (Å²) in [5.74, 6) is 7.80. The Labute approximate surface area is 193 Å². The number of hydrogen-bond acceptors (Lipinski definition) is 4. The van der Waals surface area contributed by atoms with Crippen LogP contribution in [0.25, 0.3) is 0 Å². The Hall–Kier alpha value is -2.91. The lowest BCUT2D eigenvalue weighted by Crippen LogP contribution is -2.36. The van der Waals surface area contributed by atoms with Crippen molar-refractivity contribution < 1.29 is 14.3 Å². The number of rotatable bonds is 7. The SMILES string of the molecule is C[C@@H](C#Cc1ccccc1)c1cccc(OC(=O)CCCCC2SC[C@H]3NC(=O)N[C@@H]23)c1. The normalized spacial score (nSPS) is 22.2. The number of ether oxygens (including phenoxy) is 1. The molecule has 5 nitrogen and oxygen atoms in total. The van der Waals surface area contributed by atoms with Crippen LogP contribution in [0.4, 0.5) is 4.79 Å². The molecule has 2 aliphatic rings. The monoisotopic (exact) mass is 448 g/mol. The molecule has 2 aromatic carbocycles. The third-order valence-corrected chi connectivity index (χ3v) is 7.36. The Bertz CT molecular complexity index is 1010. The first-order valence-corrected chi connectivity index (χ1v) is 12.2. The molecule has 0 radical (unpaired) electrons. The first-order valence-electron chi connectivity index (χ1n) is 11.1. The standard InChI is InChI=1S/C26H28N2O3S/c1-18(14-15-19-8-3-2-4-9-19)20-10-7-11-21(16-20)31-24(29)13-6-5-12-23-25-22(17-32-23)27-26(30)28-25/h2-4,7-11,16,18,22-23,25H,5-6,12-13,17H2,1H3,(H2,27,28,30)/t18-,22+,23?,25+/m0/s1. The van der Waals surface area contributed by atoms with Crippen molar-refractivity contribution in [2.24, 2.45) is 0 Å². The molecule has 0 saturated carbocycles. The van der Waals surface area contributed by atoms with E-state index in [1.54, 1.807) is 0 Å². The molecule has 0 bridgehead atoms. The highest BCUT2D eigenvalue weighted by molar-refractivity contribution is 8.00. The molecule has 2 heterocycles. The van der Waals surface area contributed by atoms with Gasteiger partial charge in [-0.2, -0.15) is 11.8 Å². The smallest absolute Gasteiger partial charge is 0.315 e. The van der Waals surface area contributed by atoms with E-state index in [1.807, 2.05) is 73.3 Å². The number of nitrogens with one attached hydrogen (secondary N) is 2. The van der Waals surface area contributed by atoms with Crippen molar-refractivity contribution >= 4 is 23.8 Å². The molecule has 6 heteroatoms. The second-order valence-electron chi connectivity index (χ2n) is 8.27. The van der Waals surface area contributed by atoms with Crippen LogP contribution >= 0.6 is 11.8 Å². The molecular formula is C26H28N2O3S. The lowest BCUT2D eigenvalue weighted by atomic mass is 10.0. The van der Waals surface area contributed by atoms with Crippen LogP contribution in [0.1, 0.15) is 49.7 Å². The van der Waals surface area contributed by atoms with Crippen molar-refractivity contribution in [3.05, 3.63) is 65.7 Å². The fourth-order valence-corrected chi connectivity index (χ4v) is 5.63. The number of esters is 1. The Morgan fingerprint density at radius 1 is 1.16 bits per heavy atom. The number of carbonyl (C=O) groups is 2. The minimum Gasteiger partial charge on any atom is -0.427 e. The quantitative estimate of drug-likeness (QED) is 0.216. The maximum Gasteiger partial charge on any atom is 0.315 e. The van der Waals surface area contributed by atoms with E-state index in [9.17, 15) is 9.59 Å². The number of urea groups is 1. The highest BCUT2D eigenvalue weighted by Gasteiger charge is 2.42. The van der Waals surface area contributed by atoms with E-state index < -0.39 is 0 Å². The van der Waals surface area contributed by atoms with Crippen molar-refractivity contribution in [1.29, 1.82) is 0 Å². The van der Waals surface area contributed by atoms with Gasteiger partial charge in [-0.05, 0) is 49.6 Å². The predicted molar refractivity (Wildman–Crippen MR) is 128 cm³/mol. The molecule has 2 amide bonds. The summed E-state index contributed by atoms with van der Waals surface area (Å²) in [7, 11) is 0. The van der Waals surface area contributed by atoms with Crippen molar-refractivity contribution in [3.8, 4) is 17.6 Å². The van der Waals surface area contributed by atoms with Crippen molar-refractivity contribution in [1.82, 2.24) is 10.6 Å². The molecule has 4 rings (SSSR count). The summed E-state index contributed by atoms with van der Waals surface area (Å²) in [5, 5.41) is 6.39. The van der Waals surface area contributed by atoms with E-state index >= 15 is 0 Å². The fraction of sp³-hybridized carbons (Fsp3) is 0.385. The number of thioether (sulfide) groups is 1. The fourth-order valence-electron chi connectivity index (χ4n) is 4.08. The maximum atomic E-state index is 12.3. The van der Waals surface area contributed by atoms with Gasteiger partial charge in [0.25, 0.3) is 0 Å². The van der Waals surface area contributed by atoms with Gasteiger partial charge < -0.3 is 15.4 Å². The summed E-state index contributed by atoms with van der Waals surface area (Å²) in [4.78, 5) is 23.8. The second-order valence-corrected chi connectivity index (χ2v) is 9.54. The van der Waals surface area contributed by atoms with E-state index in [1.165, 1.54) is 0 Å². The summed E-state index contributed by atoms with van der Waals surface area (Å²) in [6, 6.07) is 17.9. The third kappa shape index (κ3) is 5.86. The zero-order valence-electron chi connectivity index (χ0n) is 18.2. The molecule has 0 aliphatic carbocycles. The second kappa shape index (κ2) is 10.6. The highest BCUT2D eigenvalue weighted by Crippen LogP contribution is 2.33. The van der Waals surface area contributed by atoms with Crippen LogP contribution in [-0.4, -0.2) is 35.1 Å². The first kappa shape index (κ1) is 22.3. The molecule has 32 heavy (non-hydrogen) atoms. The van der Waals surface area contributed by atoms with Crippen LogP contribution in [0.2, 0.25) is 0 Å². The zero-order chi connectivity index (χ0) is 22.3. The summed E-state index contributed by atoms with van der Waals surface area (Å²) in [6.07, 6.45) is 3.11. The van der Waals surface area contributed by atoms with E-state index in [-0.39, 0.29) is 30.0 Å². The van der Waals surface area contributed by atoms with Gasteiger partial charge in [0.15, 0.2) is 0 Å². The molecule has 0 aromatic heterocycles. The zero-order valence-corrected chi connectivity index (χ0v) is 19.0. The number of fused-ring (bicyclic) bond motifs is 1. The molecule has 2 fully saturated rings. The first-order chi connectivity index (χ1) is 15.6. The van der Waals surface area contributed by atoms with Gasteiger partial charge in [0.05, 0.1) is 12.1 Å². The van der Waals surface area contributed by atoms with E-state index in [0.717, 1.165) is 36.1 Å². The summed E-state index contributed by atoms with van der Waals surface area (Å²) >= 11 is 1.90. The van der Waals surface area contributed by atoms with Crippen LogP contribution in [0, 0.1) is 11.8 Å². The van der Waals surface area contributed by atoms with Gasteiger partial charge in [-0.3, -0.25) is 4.79 Å². The van der Waals surface area contributed by atoms with Crippen LogP contribution in [0.15, 0.2) is 54.6 Å². The molecule has 0 spiro atoms. The molecule has 1 unspecified atom stereocenters. The van der Waals surface area contributed by atoms with Crippen LogP contribution in [0.5, 0.6) is 5.75 Å². The molecule has 2 aliphatic heterocycles. The van der Waals surface area contributed by atoms with Crippen LogP contribution in [0.3, 0.4) is 0 Å². The van der Waals surface area contributed by atoms with Crippen LogP contribution < -0.4 is 15.4 Å². The lowest BCUT2D eigenvalue weighted by Gasteiger charge is -2.16. The number of benzene rings is 2. The number of amides is 2. The minimum atomic E-state index is -0.210. The maximum absolute atomic E-state index is 12.3. The van der Waals surface area contributed by atoms with Crippen LogP contribution in [-0.2, 0) is 4.79 Å².